The van der Waals surface area contributed by atoms with E-state index in [0.717, 1.165) is 32.9 Å². The van der Waals surface area contributed by atoms with Gasteiger partial charge in [0, 0.05) is 22.5 Å². The van der Waals surface area contributed by atoms with Crippen LogP contribution in [-0.2, 0) is 6.54 Å². The van der Waals surface area contributed by atoms with E-state index in [4.69, 9.17) is 5.26 Å². The van der Waals surface area contributed by atoms with Gasteiger partial charge in [-0.25, -0.2) is 4.79 Å². The average molecular weight is 351 g/mol. The molecule has 0 saturated carbocycles. The fourth-order valence-corrected chi connectivity index (χ4v) is 3.44. The van der Waals surface area contributed by atoms with E-state index in [1.807, 2.05) is 54.7 Å². The maximum atomic E-state index is 12.2. The monoisotopic (exact) mass is 351 g/mol. The number of pyridine rings is 2. The fourth-order valence-electron chi connectivity index (χ4n) is 3.44. The minimum atomic E-state index is -0.307. The van der Waals surface area contributed by atoms with Gasteiger partial charge in [-0.1, -0.05) is 24.3 Å². The predicted octanol–water partition coefficient (Wildman–Crippen LogP) is 3.62. The maximum Gasteiger partial charge on any atom is 0.327 e. The lowest BCUT2D eigenvalue weighted by Gasteiger charge is -2.06. The molecule has 0 bridgehead atoms. The summed E-state index contributed by atoms with van der Waals surface area (Å²) in [5, 5.41) is 10.9. The molecule has 5 rings (SSSR count). The van der Waals surface area contributed by atoms with Crippen molar-refractivity contribution < 1.29 is 0 Å². The van der Waals surface area contributed by atoms with Gasteiger partial charge in [0.15, 0.2) is 0 Å². The predicted molar refractivity (Wildman–Crippen MR) is 104 cm³/mol. The summed E-state index contributed by atoms with van der Waals surface area (Å²) in [4.78, 5) is 24.0. The van der Waals surface area contributed by atoms with Crippen molar-refractivity contribution in [1.29, 1.82) is 5.26 Å². The average Bonchev–Trinajstić information content (AvgIpc) is 3.03. The molecule has 1 N–H and O–H groups in total. The van der Waals surface area contributed by atoms with Crippen LogP contribution in [0, 0.1) is 11.3 Å². The number of aromatic amines is 1. The first kappa shape index (κ1) is 15.3. The van der Waals surface area contributed by atoms with E-state index >= 15 is 0 Å². The molecule has 6 heteroatoms. The molecule has 0 saturated heterocycles. The van der Waals surface area contributed by atoms with Crippen molar-refractivity contribution in [3.05, 3.63) is 71.4 Å². The largest absolute Gasteiger partial charge is 0.327 e. The molecule has 0 aliphatic rings. The number of para-hydroxylation sites is 1. The first-order valence-electron chi connectivity index (χ1n) is 8.48. The van der Waals surface area contributed by atoms with Gasteiger partial charge in [-0.2, -0.15) is 5.26 Å². The van der Waals surface area contributed by atoms with Crippen molar-refractivity contribution in [3.8, 4) is 17.2 Å². The molecule has 0 amide bonds. The van der Waals surface area contributed by atoms with Crippen molar-refractivity contribution in [2.75, 3.05) is 0 Å². The van der Waals surface area contributed by atoms with Gasteiger partial charge >= 0.3 is 5.69 Å². The third kappa shape index (κ3) is 2.37. The maximum absolute atomic E-state index is 12.2. The number of aromatic nitrogens is 4. The van der Waals surface area contributed by atoms with Crippen molar-refractivity contribution in [2.24, 2.45) is 0 Å². The van der Waals surface area contributed by atoms with Gasteiger partial charge in [0.05, 0.1) is 34.3 Å². The standard InChI is InChI=1S/C21H13N5O/c22-7-8-26-19-12-24-18-6-5-13(10-16(18)20(19)25-21(26)27)15-9-14-3-1-2-4-17(14)23-11-15/h1-6,9-12H,8H2,(H,25,27). The lowest BCUT2D eigenvalue weighted by Crippen LogP contribution is -2.15. The Morgan fingerprint density at radius 2 is 1.85 bits per heavy atom. The van der Waals surface area contributed by atoms with Gasteiger partial charge in [-0.3, -0.25) is 14.5 Å². The van der Waals surface area contributed by atoms with Crippen LogP contribution < -0.4 is 5.69 Å². The van der Waals surface area contributed by atoms with Crippen molar-refractivity contribution in [1.82, 2.24) is 19.5 Å². The number of hydrogen-bond acceptors (Lipinski definition) is 4. The van der Waals surface area contributed by atoms with E-state index in [9.17, 15) is 4.79 Å². The zero-order valence-electron chi connectivity index (χ0n) is 14.2. The van der Waals surface area contributed by atoms with Gasteiger partial charge in [0.2, 0.25) is 0 Å². The molecule has 128 valence electrons. The molecule has 0 aliphatic heterocycles. The Labute approximate surface area is 153 Å². The van der Waals surface area contributed by atoms with Crippen molar-refractivity contribution in [2.45, 2.75) is 6.54 Å². The molecule has 0 fully saturated rings. The van der Waals surface area contributed by atoms with Crippen LogP contribution in [0.2, 0.25) is 0 Å². The molecule has 2 aromatic carbocycles. The molecule has 3 aromatic heterocycles. The Bertz CT molecular complexity index is 1440. The normalized spacial score (nSPS) is 11.2. The van der Waals surface area contributed by atoms with E-state index in [1.54, 1.807) is 6.20 Å². The Morgan fingerprint density at radius 1 is 1.00 bits per heavy atom. The minimum absolute atomic E-state index is 0.0136. The summed E-state index contributed by atoms with van der Waals surface area (Å²) in [5.74, 6) is 0. The third-order valence-corrected chi connectivity index (χ3v) is 4.77. The number of nitriles is 1. The quantitative estimate of drug-likeness (QED) is 0.526. The molecule has 0 aliphatic carbocycles. The number of benzene rings is 2. The zero-order valence-corrected chi connectivity index (χ0v) is 14.2. The van der Waals surface area contributed by atoms with E-state index in [1.165, 1.54) is 4.57 Å². The first-order valence-corrected chi connectivity index (χ1v) is 8.48. The minimum Gasteiger partial charge on any atom is -0.305 e. The zero-order chi connectivity index (χ0) is 18.4. The van der Waals surface area contributed by atoms with Gasteiger partial charge in [0.25, 0.3) is 0 Å². The molecule has 27 heavy (non-hydrogen) atoms. The SMILES string of the molecule is N#CCn1c(=O)[nH]c2c3cc(-c4cnc5ccccc5c4)ccc3ncc21. The summed E-state index contributed by atoms with van der Waals surface area (Å²) < 4.78 is 1.39. The summed E-state index contributed by atoms with van der Waals surface area (Å²) in [6, 6.07) is 18.0. The Hall–Kier alpha value is -3.98. The number of hydrogen-bond donors (Lipinski definition) is 1. The molecule has 3 heterocycles. The van der Waals surface area contributed by atoms with Crippen LogP contribution in [0.25, 0.3) is 44.0 Å². The highest BCUT2D eigenvalue weighted by molar-refractivity contribution is 6.03. The summed E-state index contributed by atoms with van der Waals surface area (Å²) in [6.45, 7) is -0.0136. The Morgan fingerprint density at radius 3 is 2.74 bits per heavy atom. The number of fused-ring (bicyclic) bond motifs is 4. The Kier molecular flexibility index (Phi) is 3.27. The summed E-state index contributed by atoms with van der Waals surface area (Å²) in [5.41, 5.74) is 4.72. The van der Waals surface area contributed by atoms with Crippen LogP contribution in [0.5, 0.6) is 0 Å². The van der Waals surface area contributed by atoms with E-state index < -0.39 is 0 Å². The first-order chi connectivity index (χ1) is 13.2. The number of H-pyrrole nitrogens is 1. The lowest BCUT2D eigenvalue weighted by atomic mass is 10.0. The summed E-state index contributed by atoms with van der Waals surface area (Å²) >= 11 is 0. The van der Waals surface area contributed by atoms with Gasteiger partial charge in [-0.05, 0) is 29.8 Å². The number of imidazole rings is 1. The second-order valence-corrected chi connectivity index (χ2v) is 6.34. The molecule has 6 nitrogen and oxygen atoms in total. The number of rotatable bonds is 2. The fraction of sp³-hybridized carbons (Fsp3) is 0.0476. The van der Waals surface area contributed by atoms with Gasteiger partial charge in [-0.15, -0.1) is 0 Å². The number of nitrogens with zero attached hydrogens (tertiary/aromatic N) is 4. The molecular weight excluding hydrogens is 338 g/mol. The topological polar surface area (TPSA) is 87.4 Å². The molecular formula is C21H13N5O. The van der Waals surface area contributed by atoms with E-state index in [2.05, 4.69) is 21.0 Å². The number of nitrogens with one attached hydrogen (secondary N) is 1. The highest BCUT2D eigenvalue weighted by Crippen LogP contribution is 2.28. The Balaban J connectivity index is 1.76. The highest BCUT2D eigenvalue weighted by Gasteiger charge is 2.11. The van der Waals surface area contributed by atoms with Crippen LogP contribution in [-0.4, -0.2) is 19.5 Å². The molecule has 0 spiro atoms. The van der Waals surface area contributed by atoms with Gasteiger partial charge in [0.1, 0.15) is 6.54 Å². The lowest BCUT2D eigenvalue weighted by molar-refractivity contribution is 0.816. The second kappa shape index (κ2) is 5.78. The van der Waals surface area contributed by atoms with Crippen LogP contribution in [0.1, 0.15) is 0 Å². The third-order valence-electron chi connectivity index (χ3n) is 4.77. The molecule has 0 radical (unpaired) electrons. The molecule has 5 aromatic rings. The van der Waals surface area contributed by atoms with Gasteiger partial charge < -0.3 is 4.98 Å². The molecule has 0 unspecified atom stereocenters. The summed E-state index contributed by atoms with van der Waals surface area (Å²) in [7, 11) is 0. The van der Waals surface area contributed by atoms with Crippen molar-refractivity contribution >= 4 is 32.8 Å². The van der Waals surface area contributed by atoms with Crippen LogP contribution in [0.4, 0.5) is 0 Å². The highest BCUT2D eigenvalue weighted by atomic mass is 16.1. The second-order valence-electron chi connectivity index (χ2n) is 6.34. The smallest absolute Gasteiger partial charge is 0.305 e. The van der Waals surface area contributed by atoms with Crippen LogP contribution in [0.15, 0.2) is 65.7 Å². The van der Waals surface area contributed by atoms with E-state index in [0.29, 0.717) is 11.0 Å². The van der Waals surface area contributed by atoms with Crippen LogP contribution in [0.3, 0.4) is 0 Å². The van der Waals surface area contributed by atoms with E-state index in [-0.39, 0.29) is 12.2 Å². The van der Waals surface area contributed by atoms with Crippen molar-refractivity contribution in [3.63, 3.8) is 0 Å². The molecule has 0 atom stereocenters. The summed E-state index contributed by atoms with van der Waals surface area (Å²) in [6.07, 6.45) is 3.48. The van der Waals surface area contributed by atoms with Crippen LogP contribution >= 0.6 is 0 Å².